The van der Waals surface area contributed by atoms with E-state index in [1.54, 1.807) is 29.6 Å². The van der Waals surface area contributed by atoms with E-state index in [9.17, 15) is 9.59 Å². The molecule has 0 aliphatic carbocycles. The topological polar surface area (TPSA) is 80.3 Å². The van der Waals surface area contributed by atoms with Crippen LogP contribution in [0.1, 0.15) is 21.1 Å². The second-order valence-electron chi connectivity index (χ2n) is 5.81. The van der Waals surface area contributed by atoms with Gasteiger partial charge in [-0.05, 0) is 29.8 Å². The SMILES string of the molecule is O=C(CNC(=O)c1csc(COc2ccc(Cl)cc2)n1)NCc1ccccc1. The first-order chi connectivity index (χ1) is 13.6. The van der Waals surface area contributed by atoms with E-state index in [1.165, 1.54) is 11.3 Å². The lowest BCUT2D eigenvalue weighted by atomic mass is 10.2. The zero-order valence-corrected chi connectivity index (χ0v) is 16.4. The molecule has 3 rings (SSSR count). The van der Waals surface area contributed by atoms with Crippen LogP contribution in [0.2, 0.25) is 5.02 Å². The smallest absolute Gasteiger partial charge is 0.271 e. The number of amides is 2. The molecular formula is C20H18ClN3O3S. The molecule has 1 aromatic heterocycles. The Kier molecular flexibility index (Phi) is 7.00. The number of hydrogen-bond donors (Lipinski definition) is 2. The van der Waals surface area contributed by atoms with E-state index < -0.39 is 5.91 Å². The first kappa shape index (κ1) is 19.9. The van der Waals surface area contributed by atoms with Crippen LogP contribution in [0.15, 0.2) is 60.0 Å². The third-order valence-corrected chi connectivity index (χ3v) is 4.78. The molecule has 2 aromatic carbocycles. The van der Waals surface area contributed by atoms with Gasteiger partial charge >= 0.3 is 0 Å². The van der Waals surface area contributed by atoms with E-state index in [2.05, 4.69) is 15.6 Å². The first-order valence-electron chi connectivity index (χ1n) is 8.52. The van der Waals surface area contributed by atoms with Gasteiger partial charge in [-0.3, -0.25) is 9.59 Å². The number of hydrogen-bond acceptors (Lipinski definition) is 5. The molecule has 0 spiro atoms. The van der Waals surface area contributed by atoms with Crippen LogP contribution in [0.4, 0.5) is 0 Å². The fourth-order valence-electron chi connectivity index (χ4n) is 2.27. The highest BCUT2D eigenvalue weighted by molar-refractivity contribution is 7.09. The van der Waals surface area contributed by atoms with E-state index in [-0.39, 0.29) is 24.8 Å². The Morgan fingerprint density at radius 3 is 2.54 bits per heavy atom. The monoisotopic (exact) mass is 415 g/mol. The van der Waals surface area contributed by atoms with Gasteiger partial charge < -0.3 is 15.4 Å². The summed E-state index contributed by atoms with van der Waals surface area (Å²) in [5.74, 6) is 0.00303. The van der Waals surface area contributed by atoms with Gasteiger partial charge in [0.25, 0.3) is 5.91 Å². The number of carbonyl (C=O) groups excluding carboxylic acids is 2. The molecule has 0 aliphatic heterocycles. The Bertz CT molecular complexity index is 929. The maximum absolute atomic E-state index is 12.1. The maximum atomic E-state index is 12.1. The first-order valence-corrected chi connectivity index (χ1v) is 9.77. The van der Waals surface area contributed by atoms with E-state index in [1.807, 2.05) is 30.3 Å². The van der Waals surface area contributed by atoms with E-state index in [0.29, 0.717) is 22.3 Å². The molecule has 144 valence electrons. The fourth-order valence-corrected chi connectivity index (χ4v) is 3.08. The molecule has 0 unspecified atom stereocenters. The summed E-state index contributed by atoms with van der Waals surface area (Å²) in [7, 11) is 0. The van der Waals surface area contributed by atoms with Crippen molar-refractivity contribution in [1.29, 1.82) is 0 Å². The Morgan fingerprint density at radius 2 is 1.79 bits per heavy atom. The molecule has 6 nitrogen and oxygen atoms in total. The Morgan fingerprint density at radius 1 is 1.04 bits per heavy atom. The third kappa shape index (κ3) is 6.07. The molecular weight excluding hydrogens is 398 g/mol. The number of aromatic nitrogens is 1. The summed E-state index contributed by atoms with van der Waals surface area (Å²) in [6, 6.07) is 16.5. The summed E-state index contributed by atoms with van der Waals surface area (Å²) in [5.41, 5.74) is 1.25. The molecule has 0 fully saturated rings. The van der Waals surface area contributed by atoms with Crippen molar-refractivity contribution >= 4 is 34.8 Å². The molecule has 2 N–H and O–H groups in total. The van der Waals surface area contributed by atoms with Crippen molar-refractivity contribution in [3.8, 4) is 5.75 Å². The van der Waals surface area contributed by atoms with Crippen LogP contribution in [0.3, 0.4) is 0 Å². The highest BCUT2D eigenvalue weighted by Crippen LogP contribution is 2.18. The predicted octanol–water partition coefficient (Wildman–Crippen LogP) is 3.42. The van der Waals surface area contributed by atoms with Crippen molar-refractivity contribution in [2.45, 2.75) is 13.2 Å². The van der Waals surface area contributed by atoms with Crippen LogP contribution >= 0.6 is 22.9 Å². The standard InChI is InChI=1S/C20H18ClN3O3S/c21-15-6-8-16(9-7-15)27-12-19-24-17(13-28-19)20(26)23-11-18(25)22-10-14-4-2-1-3-5-14/h1-9,13H,10-12H2,(H,22,25)(H,23,26). The van der Waals surface area contributed by atoms with Crippen molar-refractivity contribution in [3.63, 3.8) is 0 Å². The van der Waals surface area contributed by atoms with Crippen molar-refractivity contribution in [1.82, 2.24) is 15.6 Å². The number of nitrogens with zero attached hydrogens (tertiary/aromatic N) is 1. The quantitative estimate of drug-likeness (QED) is 0.590. The average Bonchev–Trinajstić information content (AvgIpc) is 3.20. The number of carbonyl (C=O) groups is 2. The van der Waals surface area contributed by atoms with Gasteiger partial charge in [0.1, 0.15) is 23.1 Å². The Labute approximate surface area is 171 Å². The molecule has 0 atom stereocenters. The molecule has 0 bridgehead atoms. The van der Waals surface area contributed by atoms with Crippen molar-refractivity contribution < 1.29 is 14.3 Å². The van der Waals surface area contributed by atoms with Gasteiger partial charge in [-0.15, -0.1) is 11.3 Å². The van der Waals surface area contributed by atoms with Crippen LogP contribution in [-0.2, 0) is 17.9 Å². The molecule has 0 radical (unpaired) electrons. The van der Waals surface area contributed by atoms with Crippen LogP contribution in [0.25, 0.3) is 0 Å². The van der Waals surface area contributed by atoms with Gasteiger partial charge in [0.05, 0.1) is 6.54 Å². The molecule has 1 heterocycles. The van der Waals surface area contributed by atoms with E-state index >= 15 is 0 Å². The lowest BCUT2D eigenvalue weighted by molar-refractivity contribution is -0.120. The van der Waals surface area contributed by atoms with Crippen LogP contribution < -0.4 is 15.4 Å². The van der Waals surface area contributed by atoms with Crippen LogP contribution in [-0.4, -0.2) is 23.3 Å². The summed E-state index contributed by atoms with van der Waals surface area (Å²) in [6.45, 7) is 0.551. The van der Waals surface area contributed by atoms with Gasteiger partial charge in [-0.25, -0.2) is 4.98 Å². The lowest BCUT2D eigenvalue weighted by Crippen LogP contribution is -2.36. The summed E-state index contributed by atoms with van der Waals surface area (Å²) in [5, 5.41) is 8.25. The number of thiazole rings is 1. The van der Waals surface area contributed by atoms with Crippen LogP contribution in [0, 0.1) is 0 Å². The highest BCUT2D eigenvalue weighted by Gasteiger charge is 2.12. The number of nitrogens with one attached hydrogen (secondary N) is 2. The minimum Gasteiger partial charge on any atom is -0.486 e. The van der Waals surface area contributed by atoms with Crippen molar-refractivity contribution in [2.75, 3.05) is 6.54 Å². The molecule has 0 saturated carbocycles. The summed E-state index contributed by atoms with van der Waals surface area (Å²) in [6.07, 6.45) is 0. The number of ether oxygens (including phenoxy) is 1. The summed E-state index contributed by atoms with van der Waals surface area (Å²) in [4.78, 5) is 28.3. The number of rotatable bonds is 8. The zero-order chi connectivity index (χ0) is 19.8. The van der Waals surface area contributed by atoms with Crippen molar-refractivity contribution in [3.05, 3.63) is 81.3 Å². The van der Waals surface area contributed by atoms with Crippen molar-refractivity contribution in [2.24, 2.45) is 0 Å². The number of halogens is 1. The van der Waals surface area contributed by atoms with Gasteiger partial charge in [0.2, 0.25) is 5.91 Å². The van der Waals surface area contributed by atoms with Gasteiger partial charge in [-0.1, -0.05) is 41.9 Å². The lowest BCUT2D eigenvalue weighted by Gasteiger charge is -2.06. The second kappa shape index (κ2) is 9.87. The second-order valence-corrected chi connectivity index (χ2v) is 7.19. The summed E-state index contributed by atoms with van der Waals surface area (Å²) < 4.78 is 5.61. The van der Waals surface area contributed by atoms with Crippen LogP contribution in [0.5, 0.6) is 5.75 Å². The fraction of sp³-hybridized carbons (Fsp3) is 0.150. The normalized spacial score (nSPS) is 10.3. The molecule has 3 aromatic rings. The minimum absolute atomic E-state index is 0.111. The van der Waals surface area contributed by atoms with Gasteiger partial charge in [0, 0.05) is 16.9 Å². The van der Waals surface area contributed by atoms with Gasteiger partial charge in [-0.2, -0.15) is 0 Å². The van der Waals surface area contributed by atoms with Gasteiger partial charge in [0.15, 0.2) is 0 Å². The average molecular weight is 416 g/mol. The minimum atomic E-state index is -0.399. The molecule has 2 amide bonds. The molecule has 0 aliphatic rings. The predicted molar refractivity (Wildman–Crippen MR) is 109 cm³/mol. The maximum Gasteiger partial charge on any atom is 0.271 e. The zero-order valence-electron chi connectivity index (χ0n) is 14.9. The molecule has 8 heteroatoms. The van der Waals surface area contributed by atoms with E-state index in [4.69, 9.17) is 16.3 Å². The Balaban J connectivity index is 1.42. The third-order valence-electron chi connectivity index (χ3n) is 3.70. The molecule has 0 saturated heterocycles. The number of benzene rings is 2. The Hall–Kier alpha value is -2.90. The summed E-state index contributed by atoms with van der Waals surface area (Å²) >= 11 is 7.15. The largest absolute Gasteiger partial charge is 0.486 e. The van der Waals surface area contributed by atoms with E-state index in [0.717, 1.165) is 5.56 Å². The highest BCUT2D eigenvalue weighted by atomic mass is 35.5. The molecule has 28 heavy (non-hydrogen) atoms.